The Labute approximate surface area is 116 Å². The number of hydrogen-bond donors (Lipinski definition) is 0. The van der Waals surface area contributed by atoms with Crippen LogP contribution in [-0.4, -0.2) is 36.5 Å². The number of ether oxygens (including phenoxy) is 1. The van der Waals surface area contributed by atoms with Crippen molar-refractivity contribution in [1.29, 1.82) is 0 Å². The molecule has 1 unspecified atom stereocenters. The summed E-state index contributed by atoms with van der Waals surface area (Å²) in [6.07, 6.45) is 0. The zero-order valence-corrected chi connectivity index (χ0v) is 12.6. The summed E-state index contributed by atoms with van der Waals surface area (Å²) in [5.41, 5.74) is 2.40. The molecule has 0 bridgehead atoms. The van der Waals surface area contributed by atoms with Crippen LogP contribution in [0.5, 0.6) is 5.75 Å². The van der Waals surface area contributed by atoms with Gasteiger partial charge in [0.1, 0.15) is 12.4 Å². The minimum absolute atomic E-state index is 0.185. The standard InChI is InChI=1S/C15H24ClNO/c1-5-17(11-14(4)16)9-10-18-15-12(2)7-6-8-13(15)3/h6-8,14H,5,9-11H2,1-4H3. The number of likely N-dealkylation sites (N-methyl/N-ethyl adjacent to an activating group) is 1. The molecule has 1 rings (SSSR count). The van der Waals surface area contributed by atoms with Crippen molar-refractivity contribution in [1.82, 2.24) is 4.90 Å². The van der Waals surface area contributed by atoms with Gasteiger partial charge in [-0.05, 0) is 38.4 Å². The summed E-state index contributed by atoms with van der Waals surface area (Å²) >= 11 is 6.02. The Morgan fingerprint density at radius 3 is 2.39 bits per heavy atom. The summed E-state index contributed by atoms with van der Waals surface area (Å²) in [6, 6.07) is 6.23. The molecule has 1 aromatic carbocycles. The largest absolute Gasteiger partial charge is 0.492 e. The molecule has 0 aliphatic rings. The van der Waals surface area contributed by atoms with E-state index in [9.17, 15) is 0 Å². The first kappa shape index (κ1) is 15.3. The highest BCUT2D eigenvalue weighted by Gasteiger charge is 2.07. The first-order chi connectivity index (χ1) is 8.54. The number of rotatable bonds is 7. The summed E-state index contributed by atoms with van der Waals surface area (Å²) in [7, 11) is 0. The third-order valence-electron chi connectivity index (χ3n) is 3.02. The number of benzene rings is 1. The first-order valence-electron chi connectivity index (χ1n) is 6.60. The molecular weight excluding hydrogens is 246 g/mol. The van der Waals surface area contributed by atoms with E-state index in [1.165, 1.54) is 11.1 Å². The Morgan fingerprint density at radius 2 is 1.89 bits per heavy atom. The smallest absolute Gasteiger partial charge is 0.125 e. The van der Waals surface area contributed by atoms with Crippen LogP contribution in [0.2, 0.25) is 0 Å². The molecule has 0 N–H and O–H groups in total. The summed E-state index contributed by atoms with van der Waals surface area (Å²) in [4.78, 5) is 2.31. The molecule has 0 saturated carbocycles. The van der Waals surface area contributed by atoms with Gasteiger partial charge in [0.15, 0.2) is 0 Å². The molecule has 102 valence electrons. The SMILES string of the molecule is CCN(CCOc1c(C)cccc1C)CC(C)Cl. The van der Waals surface area contributed by atoms with E-state index >= 15 is 0 Å². The van der Waals surface area contributed by atoms with Crippen molar-refractivity contribution in [2.45, 2.75) is 33.1 Å². The molecule has 0 amide bonds. The van der Waals surface area contributed by atoms with Gasteiger partial charge >= 0.3 is 0 Å². The average Bonchev–Trinajstić information content (AvgIpc) is 2.31. The van der Waals surface area contributed by atoms with Crippen LogP contribution in [-0.2, 0) is 0 Å². The fourth-order valence-electron chi connectivity index (χ4n) is 2.04. The molecule has 0 aromatic heterocycles. The van der Waals surface area contributed by atoms with Crippen LogP contribution in [0.4, 0.5) is 0 Å². The van der Waals surface area contributed by atoms with E-state index in [0.717, 1.165) is 25.4 Å². The van der Waals surface area contributed by atoms with Gasteiger partial charge in [-0.25, -0.2) is 0 Å². The van der Waals surface area contributed by atoms with Crippen LogP contribution in [0, 0.1) is 13.8 Å². The van der Waals surface area contributed by atoms with Crippen molar-refractivity contribution in [3.63, 3.8) is 0 Å². The van der Waals surface area contributed by atoms with E-state index in [2.05, 4.69) is 43.9 Å². The Bertz CT molecular complexity index is 345. The van der Waals surface area contributed by atoms with Crippen molar-refractivity contribution in [2.75, 3.05) is 26.2 Å². The second-order valence-corrected chi connectivity index (χ2v) is 5.49. The second kappa shape index (κ2) is 7.65. The van der Waals surface area contributed by atoms with Crippen molar-refractivity contribution < 1.29 is 4.74 Å². The maximum absolute atomic E-state index is 6.02. The molecule has 18 heavy (non-hydrogen) atoms. The number of alkyl halides is 1. The predicted octanol–water partition coefficient (Wildman–Crippen LogP) is 3.63. The Morgan fingerprint density at radius 1 is 1.28 bits per heavy atom. The first-order valence-corrected chi connectivity index (χ1v) is 7.03. The van der Waals surface area contributed by atoms with Gasteiger partial charge in [-0.3, -0.25) is 4.90 Å². The van der Waals surface area contributed by atoms with Crippen LogP contribution < -0.4 is 4.74 Å². The van der Waals surface area contributed by atoms with E-state index in [-0.39, 0.29) is 5.38 Å². The molecule has 0 fully saturated rings. The number of hydrogen-bond acceptors (Lipinski definition) is 2. The van der Waals surface area contributed by atoms with Gasteiger partial charge in [-0.2, -0.15) is 0 Å². The lowest BCUT2D eigenvalue weighted by Crippen LogP contribution is -2.32. The van der Waals surface area contributed by atoms with Crippen molar-refractivity contribution in [2.24, 2.45) is 0 Å². The van der Waals surface area contributed by atoms with E-state index in [1.807, 2.05) is 6.92 Å². The zero-order valence-electron chi connectivity index (χ0n) is 11.9. The average molecular weight is 270 g/mol. The third-order valence-corrected chi connectivity index (χ3v) is 3.16. The third kappa shape index (κ3) is 4.87. The number of nitrogens with zero attached hydrogens (tertiary/aromatic N) is 1. The molecule has 0 aliphatic carbocycles. The molecule has 0 heterocycles. The van der Waals surface area contributed by atoms with Gasteiger partial charge in [-0.15, -0.1) is 11.6 Å². The highest BCUT2D eigenvalue weighted by Crippen LogP contribution is 2.22. The molecule has 2 nitrogen and oxygen atoms in total. The highest BCUT2D eigenvalue weighted by atomic mass is 35.5. The Kier molecular flexibility index (Phi) is 6.51. The molecular formula is C15H24ClNO. The van der Waals surface area contributed by atoms with E-state index in [0.29, 0.717) is 6.61 Å². The molecule has 0 aliphatic heterocycles. The second-order valence-electron chi connectivity index (χ2n) is 4.74. The van der Waals surface area contributed by atoms with Crippen molar-refractivity contribution >= 4 is 11.6 Å². The van der Waals surface area contributed by atoms with Gasteiger partial charge in [0.25, 0.3) is 0 Å². The number of para-hydroxylation sites is 1. The minimum Gasteiger partial charge on any atom is -0.492 e. The Hall–Kier alpha value is -0.730. The lowest BCUT2D eigenvalue weighted by molar-refractivity contribution is 0.215. The van der Waals surface area contributed by atoms with Gasteiger partial charge in [0.2, 0.25) is 0 Å². The molecule has 1 atom stereocenters. The molecule has 3 heteroatoms. The van der Waals surface area contributed by atoms with Gasteiger partial charge in [-0.1, -0.05) is 25.1 Å². The maximum Gasteiger partial charge on any atom is 0.125 e. The topological polar surface area (TPSA) is 12.5 Å². The normalized spacial score (nSPS) is 12.8. The predicted molar refractivity (Wildman–Crippen MR) is 78.8 cm³/mol. The molecule has 1 aromatic rings. The van der Waals surface area contributed by atoms with Crippen LogP contribution >= 0.6 is 11.6 Å². The Balaban J connectivity index is 2.45. The van der Waals surface area contributed by atoms with Crippen molar-refractivity contribution in [3.8, 4) is 5.75 Å². The van der Waals surface area contributed by atoms with E-state index < -0.39 is 0 Å². The summed E-state index contributed by atoms with van der Waals surface area (Å²) < 4.78 is 5.90. The fraction of sp³-hybridized carbons (Fsp3) is 0.600. The molecule has 0 radical (unpaired) electrons. The van der Waals surface area contributed by atoms with E-state index in [4.69, 9.17) is 16.3 Å². The highest BCUT2D eigenvalue weighted by molar-refractivity contribution is 6.20. The number of halogens is 1. The summed E-state index contributed by atoms with van der Waals surface area (Å²) in [5, 5.41) is 0.185. The van der Waals surface area contributed by atoms with Crippen molar-refractivity contribution in [3.05, 3.63) is 29.3 Å². The minimum atomic E-state index is 0.185. The van der Waals surface area contributed by atoms with Crippen LogP contribution in [0.25, 0.3) is 0 Å². The molecule has 0 saturated heterocycles. The fourth-order valence-corrected chi connectivity index (χ4v) is 2.23. The summed E-state index contributed by atoms with van der Waals surface area (Å²) in [5.74, 6) is 1.02. The maximum atomic E-state index is 6.02. The van der Waals surface area contributed by atoms with E-state index in [1.54, 1.807) is 0 Å². The van der Waals surface area contributed by atoms with Crippen LogP contribution in [0.15, 0.2) is 18.2 Å². The number of aryl methyl sites for hydroxylation is 2. The lowest BCUT2D eigenvalue weighted by Gasteiger charge is -2.22. The van der Waals surface area contributed by atoms with Gasteiger partial charge in [0.05, 0.1) is 0 Å². The van der Waals surface area contributed by atoms with Gasteiger partial charge < -0.3 is 4.74 Å². The monoisotopic (exact) mass is 269 g/mol. The van der Waals surface area contributed by atoms with Crippen LogP contribution in [0.1, 0.15) is 25.0 Å². The van der Waals surface area contributed by atoms with Crippen LogP contribution in [0.3, 0.4) is 0 Å². The van der Waals surface area contributed by atoms with Gasteiger partial charge in [0, 0.05) is 18.5 Å². The quantitative estimate of drug-likeness (QED) is 0.701. The zero-order chi connectivity index (χ0) is 13.5. The lowest BCUT2D eigenvalue weighted by atomic mass is 10.1. The summed E-state index contributed by atoms with van der Waals surface area (Å²) in [6.45, 7) is 11.9. The molecule has 0 spiro atoms.